The lowest BCUT2D eigenvalue weighted by molar-refractivity contribution is 0.444. The summed E-state index contributed by atoms with van der Waals surface area (Å²) in [6.45, 7) is 0. The molecule has 3 nitrogen and oxygen atoms in total. The third-order valence-electron chi connectivity index (χ3n) is 0.979. The number of benzene rings is 1. The first-order valence-electron chi connectivity index (χ1n) is 2.82. The van der Waals surface area contributed by atoms with Gasteiger partial charge in [0, 0.05) is 4.57 Å². The molecule has 11 heavy (non-hydrogen) atoms. The van der Waals surface area contributed by atoms with E-state index in [4.69, 9.17) is 4.52 Å². The van der Waals surface area contributed by atoms with Gasteiger partial charge in [-0.25, -0.2) is 4.52 Å². The molecular weight excluding hydrogens is 231 g/mol. The maximum Gasteiger partial charge on any atom is 0.762 e. The van der Waals surface area contributed by atoms with Gasteiger partial charge in [0.15, 0.2) is 22.0 Å². The third kappa shape index (κ3) is 2.97. The molecule has 0 fully saturated rings. The zero-order valence-electron chi connectivity index (χ0n) is 5.44. The predicted octanol–water partition coefficient (Wildman–Crippen LogP) is 3.05. The number of hydrogen-bond acceptors (Lipinski definition) is 3. The van der Waals surface area contributed by atoms with Crippen LogP contribution in [0.25, 0.3) is 0 Å². The van der Waals surface area contributed by atoms with E-state index < -0.39 is 8.25 Å². The fourth-order valence-electron chi connectivity index (χ4n) is 0.582. The summed E-state index contributed by atoms with van der Waals surface area (Å²) in [4.78, 5) is 0. The Kier molecular flexibility index (Phi) is 3.49. The molecule has 0 heterocycles. The lowest BCUT2D eigenvalue weighted by Crippen LogP contribution is -1.78. The van der Waals surface area contributed by atoms with Gasteiger partial charge in [0.05, 0.1) is 0 Å². The van der Waals surface area contributed by atoms with Gasteiger partial charge in [-0.15, -0.1) is 0 Å². The maximum absolute atomic E-state index is 10.6. The second-order valence-electron chi connectivity index (χ2n) is 1.70. The molecule has 0 saturated heterocycles. The van der Waals surface area contributed by atoms with Gasteiger partial charge in [-0.05, 0) is 15.7 Å². The van der Waals surface area contributed by atoms with Crippen molar-refractivity contribution < 1.29 is 12.7 Å². The second-order valence-corrected chi connectivity index (χ2v) is 3.33. The largest absolute Gasteiger partial charge is 0.762 e. The van der Waals surface area contributed by atoms with Gasteiger partial charge in [-0.1, -0.05) is 18.2 Å². The smallest absolute Gasteiger partial charge is 0.229 e. The molecule has 0 spiro atoms. The van der Waals surface area contributed by atoms with E-state index in [0.717, 1.165) is 0 Å². The standard InChI is InChI=1S/C6H5BrO3P/c7-10-11(8)9-6-4-2-1-3-5-6/h1-5H/q+1. The van der Waals surface area contributed by atoms with Gasteiger partial charge in [0.25, 0.3) is 0 Å². The average Bonchev–Trinajstić information content (AvgIpc) is 2.06. The SMILES string of the molecule is O=[P+](OBr)Oc1ccccc1. The van der Waals surface area contributed by atoms with Crippen molar-refractivity contribution >= 4 is 24.5 Å². The molecular formula is C6H5BrO3P+. The monoisotopic (exact) mass is 235 g/mol. The molecule has 1 atom stereocenters. The van der Waals surface area contributed by atoms with Gasteiger partial charge in [-0.2, -0.15) is 0 Å². The Bertz CT molecular complexity index is 239. The first-order chi connectivity index (χ1) is 5.33. The zero-order valence-corrected chi connectivity index (χ0v) is 7.92. The van der Waals surface area contributed by atoms with Crippen LogP contribution in [0.5, 0.6) is 5.75 Å². The van der Waals surface area contributed by atoms with Gasteiger partial charge in [-0.3, -0.25) is 0 Å². The van der Waals surface area contributed by atoms with E-state index in [0.29, 0.717) is 5.75 Å². The van der Waals surface area contributed by atoms with Gasteiger partial charge in [0.1, 0.15) is 0 Å². The van der Waals surface area contributed by atoms with Crippen molar-refractivity contribution in [3.8, 4) is 5.75 Å². The van der Waals surface area contributed by atoms with E-state index in [-0.39, 0.29) is 0 Å². The highest BCUT2D eigenvalue weighted by Crippen LogP contribution is 2.29. The van der Waals surface area contributed by atoms with Gasteiger partial charge >= 0.3 is 8.25 Å². The normalized spacial score (nSPS) is 10.8. The van der Waals surface area contributed by atoms with Crippen LogP contribution in [-0.4, -0.2) is 0 Å². The highest BCUT2D eigenvalue weighted by atomic mass is 79.9. The van der Waals surface area contributed by atoms with E-state index >= 15 is 0 Å². The highest BCUT2D eigenvalue weighted by molar-refractivity contribution is 9.06. The third-order valence-corrected chi connectivity index (χ3v) is 2.16. The van der Waals surface area contributed by atoms with Crippen molar-refractivity contribution in [2.24, 2.45) is 0 Å². The Labute approximate surface area is 73.7 Å². The minimum Gasteiger partial charge on any atom is -0.229 e. The quantitative estimate of drug-likeness (QED) is 0.756. The van der Waals surface area contributed by atoms with Crippen LogP contribution >= 0.6 is 24.5 Å². The first kappa shape index (κ1) is 8.65. The van der Waals surface area contributed by atoms with Crippen LogP contribution in [0.3, 0.4) is 0 Å². The molecule has 0 aromatic heterocycles. The van der Waals surface area contributed by atoms with Crippen LogP contribution in [0.4, 0.5) is 0 Å². The van der Waals surface area contributed by atoms with Crippen molar-refractivity contribution in [1.82, 2.24) is 0 Å². The van der Waals surface area contributed by atoms with Crippen molar-refractivity contribution in [3.05, 3.63) is 30.3 Å². The minimum atomic E-state index is -2.09. The first-order valence-corrected chi connectivity index (χ1v) is 4.56. The van der Waals surface area contributed by atoms with Crippen LogP contribution < -0.4 is 4.52 Å². The highest BCUT2D eigenvalue weighted by Gasteiger charge is 2.19. The topological polar surface area (TPSA) is 35.5 Å². The van der Waals surface area contributed by atoms with Gasteiger partial charge < -0.3 is 0 Å². The number of para-hydroxylation sites is 1. The molecule has 0 bridgehead atoms. The summed E-state index contributed by atoms with van der Waals surface area (Å²) in [6, 6.07) is 8.80. The molecule has 1 unspecified atom stereocenters. The van der Waals surface area contributed by atoms with Crippen molar-refractivity contribution in [2.75, 3.05) is 0 Å². The molecule has 0 amide bonds. The molecule has 0 aliphatic heterocycles. The van der Waals surface area contributed by atoms with Crippen LogP contribution in [0, 0.1) is 0 Å². The minimum absolute atomic E-state index is 0.521. The summed E-state index contributed by atoms with van der Waals surface area (Å²) in [6.07, 6.45) is 0. The van der Waals surface area contributed by atoms with Crippen molar-refractivity contribution in [2.45, 2.75) is 0 Å². The summed E-state index contributed by atoms with van der Waals surface area (Å²) in [5.41, 5.74) is 0. The lowest BCUT2D eigenvalue weighted by Gasteiger charge is -1.87. The Morgan fingerprint density at radius 3 is 2.45 bits per heavy atom. The number of rotatable bonds is 3. The predicted molar refractivity (Wildman–Crippen MR) is 44.7 cm³/mol. The summed E-state index contributed by atoms with van der Waals surface area (Å²) in [5, 5.41) is 0. The van der Waals surface area contributed by atoms with E-state index in [1.807, 2.05) is 6.07 Å². The summed E-state index contributed by atoms with van der Waals surface area (Å²) in [7, 11) is -2.09. The van der Waals surface area contributed by atoms with Crippen LogP contribution in [0.1, 0.15) is 0 Å². The average molecular weight is 236 g/mol. The molecule has 1 rings (SSSR count). The molecule has 1 aromatic carbocycles. The number of hydrogen-bond donors (Lipinski definition) is 0. The summed E-state index contributed by atoms with van der Waals surface area (Å²) >= 11 is 2.56. The maximum atomic E-state index is 10.6. The van der Waals surface area contributed by atoms with Crippen molar-refractivity contribution in [1.29, 1.82) is 0 Å². The molecule has 0 saturated carbocycles. The molecule has 0 aliphatic carbocycles. The second kappa shape index (κ2) is 4.44. The summed E-state index contributed by atoms with van der Waals surface area (Å²) < 4.78 is 19.7. The zero-order chi connectivity index (χ0) is 8.10. The Morgan fingerprint density at radius 1 is 1.27 bits per heavy atom. The Balaban J connectivity index is 2.58. The van der Waals surface area contributed by atoms with Crippen LogP contribution in [0.2, 0.25) is 0 Å². The number of halogens is 1. The molecule has 0 radical (unpaired) electrons. The Morgan fingerprint density at radius 2 is 1.91 bits per heavy atom. The van der Waals surface area contributed by atoms with Crippen molar-refractivity contribution in [3.63, 3.8) is 0 Å². The fourth-order valence-corrected chi connectivity index (χ4v) is 1.08. The molecule has 0 aliphatic rings. The van der Waals surface area contributed by atoms with E-state index in [9.17, 15) is 4.57 Å². The van der Waals surface area contributed by atoms with Crippen LogP contribution in [0.15, 0.2) is 30.3 Å². The van der Waals surface area contributed by atoms with Crippen LogP contribution in [-0.2, 0) is 8.18 Å². The fraction of sp³-hybridized carbons (Fsp3) is 0. The Hall–Kier alpha value is -0.440. The van der Waals surface area contributed by atoms with E-state index in [1.165, 1.54) is 0 Å². The van der Waals surface area contributed by atoms with E-state index in [2.05, 4.69) is 19.9 Å². The molecule has 5 heteroatoms. The molecule has 0 N–H and O–H groups in total. The van der Waals surface area contributed by atoms with E-state index in [1.54, 1.807) is 24.3 Å². The van der Waals surface area contributed by atoms with Gasteiger partial charge in [0.2, 0.25) is 0 Å². The molecule has 58 valence electrons. The molecule has 1 aromatic rings. The summed E-state index contributed by atoms with van der Waals surface area (Å²) in [5.74, 6) is 0.521. The lowest BCUT2D eigenvalue weighted by atomic mass is 10.3.